The van der Waals surface area contributed by atoms with Crippen LogP contribution < -0.4 is 19.5 Å². The second kappa shape index (κ2) is 8.20. The van der Waals surface area contributed by atoms with Crippen LogP contribution >= 0.6 is 0 Å². The molecule has 1 saturated carbocycles. The zero-order valence-corrected chi connectivity index (χ0v) is 16.1. The maximum Gasteiger partial charge on any atom is 0.244 e. The molecular weight excluding hydrogens is 346 g/mol. The molecule has 1 N–H and O–H groups in total. The highest BCUT2D eigenvalue weighted by Crippen LogP contribution is 2.47. The van der Waals surface area contributed by atoms with E-state index in [1.54, 1.807) is 39.5 Å². The van der Waals surface area contributed by atoms with E-state index < -0.39 is 0 Å². The third kappa shape index (κ3) is 4.45. The van der Waals surface area contributed by atoms with E-state index in [0.717, 1.165) is 11.3 Å². The van der Waals surface area contributed by atoms with Crippen LogP contribution in [0.25, 0.3) is 6.08 Å². The number of furan rings is 1. The minimum atomic E-state index is -0.218. The minimum Gasteiger partial charge on any atom is -0.496 e. The fourth-order valence-corrected chi connectivity index (χ4v) is 3.01. The molecule has 0 spiro atoms. The van der Waals surface area contributed by atoms with Crippen molar-refractivity contribution in [1.82, 2.24) is 5.32 Å². The van der Waals surface area contributed by atoms with E-state index in [1.165, 1.54) is 12.5 Å². The first-order valence-electron chi connectivity index (χ1n) is 8.90. The van der Waals surface area contributed by atoms with Gasteiger partial charge in [-0.05, 0) is 36.6 Å². The molecule has 1 aliphatic rings. The maximum absolute atomic E-state index is 12.1. The van der Waals surface area contributed by atoms with Gasteiger partial charge in [0.1, 0.15) is 17.3 Å². The van der Waals surface area contributed by atoms with E-state index >= 15 is 0 Å². The smallest absolute Gasteiger partial charge is 0.244 e. The van der Waals surface area contributed by atoms with Gasteiger partial charge in [0.25, 0.3) is 0 Å². The predicted molar refractivity (Wildman–Crippen MR) is 102 cm³/mol. The Bertz CT molecular complexity index is 839. The van der Waals surface area contributed by atoms with Gasteiger partial charge in [-0.3, -0.25) is 4.79 Å². The molecule has 2 atom stereocenters. The number of methoxy groups -OCH3 is 3. The van der Waals surface area contributed by atoms with E-state index in [4.69, 9.17) is 18.6 Å². The molecule has 1 fully saturated rings. The van der Waals surface area contributed by atoms with Crippen LogP contribution in [0.2, 0.25) is 0 Å². The molecular formula is C21H25NO5. The van der Waals surface area contributed by atoms with Crippen molar-refractivity contribution in [3.8, 4) is 17.2 Å². The summed E-state index contributed by atoms with van der Waals surface area (Å²) in [7, 11) is 4.70. The lowest BCUT2D eigenvalue weighted by Crippen LogP contribution is -2.20. The Morgan fingerprint density at radius 2 is 1.81 bits per heavy atom. The molecule has 1 amide bonds. The SMILES string of the molecule is COc1cc(OC)c(OC)cc1CNC(=O)C=Cc1ccc(C2CC2C)o1. The molecule has 0 radical (unpaired) electrons. The second-order valence-electron chi connectivity index (χ2n) is 6.63. The zero-order chi connectivity index (χ0) is 19.4. The number of carbonyl (C=O) groups is 1. The number of carbonyl (C=O) groups excluding carboxylic acids is 1. The van der Waals surface area contributed by atoms with Crippen LogP contribution in [0.3, 0.4) is 0 Å². The van der Waals surface area contributed by atoms with E-state index in [-0.39, 0.29) is 5.91 Å². The molecule has 6 nitrogen and oxygen atoms in total. The van der Waals surface area contributed by atoms with Gasteiger partial charge in [0, 0.05) is 30.2 Å². The van der Waals surface area contributed by atoms with Crippen molar-refractivity contribution >= 4 is 12.0 Å². The van der Waals surface area contributed by atoms with Crippen molar-refractivity contribution in [1.29, 1.82) is 0 Å². The third-order valence-corrected chi connectivity index (χ3v) is 4.76. The summed E-state index contributed by atoms with van der Waals surface area (Å²) in [6.45, 7) is 2.51. The lowest BCUT2D eigenvalue weighted by Gasteiger charge is -2.14. The Balaban J connectivity index is 1.60. The molecule has 1 heterocycles. The molecule has 0 aliphatic heterocycles. The lowest BCUT2D eigenvalue weighted by molar-refractivity contribution is -0.116. The third-order valence-electron chi connectivity index (χ3n) is 4.76. The number of hydrogen-bond acceptors (Lipinski definition) is 5. The molecule has 6 heteroatoms. The van der Waals surface area contributed by atoms with Gasteiger partial charge < -0.3 is 23.9 Å². The Morgan fingerprint density at radius 1 is 1.15 bits per heavy atom. The van der Waals surface area contributed by atoms with Crippen LogP contribution in [0.5, 0.6) is 17.2 Å². The minimum absolute atomic E-state index is 0.218. The lowest BCUT2D eigenvalue weighted by atomic mass is 10.1. The van der Waals surface area contributed by atoms with Gasteiger partial charge in [0.15, 0.2) is 11.5 Å². The standard InChI is InChI=1S/C21H25NO5/c1-13-9-16(13)17-7-5-15(27-17)6-8-21(23)22-12-14-10-19(25-3)20(26-4)11-18(14)24-2/h5-8,10-11,13,16H,9,12H2,1-4H3,(H,22,23). The van der Waals surface area contributed by atoms with Crippen LogP contribution in [-0.2, 0) is 11.3 Å². The van der Waals surface area contributed by atoms with Crippen molar-refractivity contribution in [3.63, 3.8) is 0 Å². The molecule has 3 rings (SSSR count). The van der Waals surface area contributed by atoms with Crippen molar-refractivity contribution in [2.75, 3.05) is 21.3 Å². The first-order chi connectivity index (χ1) is 13.0. The summed E-state index contributed by atoms with van der Waals surface area (Å²) in [5.74, 6) is 4.45. The van der Waals surface area contributed by atoms with Gasteiger partial charge in [0.05, 0.1) is 21.3 Å². The van der Waals surface area contributed by atoms with Crippen LogP contribution in [0.4, 0.5) is 0 Å². The van der Waals surface area contributed by atoms with Crippen LogP contribution in [0, 0.1) is 5.92 Å². The second-order valence-corrected chi connectivity index (χ2v) is 6.63. The zero-order valence-electron chi connectivity index (χ0n) is 16.1. The first-order valence-corrected chi connectivity index (χ1v) is 8.90. The molecule has 2 aromatic rings. The molecule has 1 aromatic heterocycles. The summed E-state index contributed by atoms with van der Waals surface area (Å²) in [4.78, 5) is 12.1. The monoisotopic (exact) mass is 371 g/mol. The highest BCUT2D eigenvalue weighted by molar-refractivity contribution is 5.91. The fraction of sp³-hybridized carbons (Fsp3) is 0.381. The number of rotatable bonds is 8. The average molecular weight is 371 g/mol. The summed E-state index contributed by atoms with van der Waals surface area (Å²) < 4.78 is 21.7. The van der Waals surface area contributed by atoms with Gasteiger partial charge in [-0.2, -0.15) is 0 Å². The molecule has 1 aliphatic carbocycles. The molecule has 0 bridgehead atoms. The highest BCUT2D eigenvalue weighted by atomic mass is 16.5. The topological polar surface area (TPSA) is 69.9 Å². The number of ether oxygens (including phenoxy) is 3. The Kier molecular flexibility index (Phi) is 5.74. The van der Waals surface area contributed by atoms with E-state index in [9.17, 15) is 4.79 Å². The number of benzene rings is 1. The molecule has 27 heavy (non-hydrogen) atoms. The van der Waals surface area contributed by atoms with Crippen molar-refractivity contribution in [2.24, 2.45) is 5.92 Å². The van der Waals surface area contributed by atoms with Crippen molar-refractivity contribution in [3.05, 3.63) is 47.4 Å². The number of hydrogen-bond donors (Lipinski definition) is 1. The number of amides is 1. The fourth-order valence-electron chi connectivity index (χ4n) is 3.01. The van der Waals surface area contributed by atoms with Gasteiger partial charge in [-0.25, -0.2) is 0 Å². The summed E-state index contributed by atoms with van der Waals surface area (Å²) in [6.07, 6.45) is 4.31. The van der Waals surface area contributed by atoms with Gasteiger partial charge in [-0.15, -0.1) is 0 Å². The molecule has 1 aromatic carbocycles. The van der Waals surface area contributed by atoms with Crippen LogP contribution in [0.1, 0.15) is 36.3 Å². The first kappa shape index (κ1) is 18.9. The molecule has 144 valence electrons. The quantitative estimate of drug-likeness (QED) is 0.716. The highest BCUT2D eigenvalue weighted by Gasteiger charge is 2.36. The molecule has 0 saturated heterocycles. The largest absolute Gasteiger partial charge is 0.496 e. The summed E-state index contributed by atoms with van der Waals surface area (Å²) >= 11 is 0. The van der Waals surface area contributed by atoms with E-state index in [2.05, 4.69) is 12.2 Å². The average Bonchev–Trinajstić information content (AvgIpc) is 3.23. The van der Waals surface area contributed by atoms with Gasteiger partial charge in [0.2, 0.25) is 5.91 Å². The summed E-state index contributed by atoms with van der Waals surface area (Å²) in [6, 6.07) is 7.40. The van der Waals surface area contributed by atoms with E-state index in [0.29, 0.717) is 41.4 Å². The van der Waals surface area contributed by atoms with Gasteiger partial charge in [-0.1, -0.05) is 6.92 Å². The summed E-state index contributed by atoms with van der Waals surface area (Å²) in [5, 5.41) is 2.84. The van der Waals surface area contributed by atoms with Crippen molar-refractivity contribution in [2.45, 2.75) is 25.8 Å². The summed E-state index contributed by atoms with van der Waals surface area (Å²) in [5.41, 5.74) is 0.792. The Labute approximate surface area is 159 Å². The van der Waals surface area contributed by atoms with E-state index in [1.807, 2.05) is 12.1 Å². The predicted octanol–water partition coefficient (Wildman–Crippen LogP) is 3.76. The van der Waals surface area contributed by atoms with Gasteiger partial charge >= 0.3 is 0 Å². The number of nitrogens with one attached hydrogen (secondary N) is 1. The van der Waals surface area contributed by atoms with Crippen molar-refractivity contribution < 1.29 is 23.4 Å². The van der Waals surface area contributed by atoms with Crippen LogP contribution in [-0.4, -0.2) is 27.2 Å². The Morgan fingerprint density at radius 3 is 2.44 bits per heavy atom. The van der Waals surface area contributed by atoms with Crippen LogP contribution in [0.15, 0.2) is 34.8 Å². The normalized spacial score (nSPS) is 18.4. The molecule has 2 unspecified atom stereocenters. The maximum atomic E-state index is 12.1. The Hall–Kier alpha value is -2.89.